The molecule has 0 spiro atoms. The summed E-state index contributed by atoms with van der Waals surface area (Å²) in [5, 5.41) is 3.28. The molecule has 2 rings (SSSR count). The Balaban J connectivity index is 2.29. The van der Waals surface area contributed by atoms with Crippen LogP contribution in [0.4, 0.5) is 4.39 Å². The van der Waals surface area contributed by atoms with Crippen molar-refractivity contribution in [3.8, 4) is 5.75 Å². The molecule has 1 aromatic rings. The molecule has 1 atom stereocenters. The molecular formula is C13H18FNO. The molecule has 3 heteroatoms. The second-order valence-corrected chi connectivity index (χ2v) is 4.77. The number of ether oxygens (including phenoxy) is 1. The van der Waals surface area contributed by atoms with Crippen molar-refractivity contribution in [2.45, 2.75) is 25.8 Å². The Bertz CT molecular complexity index is 388. The molecule has 88 valence electrons. The van der Waals surface area contributed by atoms with Gasteiger partial charge in [-0.15, -0.1) is 0 Å². The summed E-state index contributed by atoms with van der Waals surface area (Å²) in [5.74, 6) is 0.0176. The highest BCUT2D eigenvalue weighted by Gasteiger charge is 2.44. The number of hydrogen-bond acceptors (Lipinski definition) is 2. The van der Waals surface area contributed by atoms with Gasteiger partial charge in [-0.2, -0.15) is 0 Å². The van der Waals surface area contributed by atoms with E-state index in [1.165, 1.54) is 20.0 Å². The summed E-state index contributed by atoms with van der Waals surface area (Å²) in [6.45, 7) is 2.23. The second kappa shape index (κ2) is 4.06. The van der Waals surface area contributed by atoms with E-state index in [9.17, 15) is 4.39 Å². The average Bonchev–Trinajstić information content (AvgIpc) is 2.98. The topological polar surface area (TPSA) is 21.3 Å². The van der Waals surface area contributed by atoms with Crippen molar-refractivity contribution in [1.82, 2.24) is 5.32 Å². The standard InChI is InChI=1S/C13H18FNO/c1-13(6-7-13)12(15-2)9-4-5-11(16-3)10(14)8-9/h4-5,8,12,15H,6-7H2,1-3H3. The number of halogens is 1. The lowest BCUT2D eigenvalue weighted by Gasteiger charge is -2.23. The van der Waals surface area contributed by atoms with Gasteiger partial charge in [0.1, 0.15) is 0 Å². The van der Waals surface area contributed by atoms with E-state index >= 15 is 0 Å². The number of benzene rings is 1. The summed E-state index contributed by atoms with van der Waals surface area (Å²) in [4.78, 5) is 0. The van der Waals surface area contributed by atoms with Crippen LogP contribution in [0.2, 0.25) is 0 Å². The summed E-state index contributed by atoms with van der Waals surface area (Å²) in [6, 6.07) is 5.43. The second-order valence-electron chi connectivity index (χ2n) is 4.77. The molecule has 0 saturated heterocycles. The van der Waals surface area contributed by atoms with E-state index in [-0.39, 0.29) is 17.3 Å². The van der Waals surface area contributed by atoms with E-state index in [4.69, 9.17) is 4.74 Å². The molecule has 0 radical (unpaired) electrons. The zero-order chi connectivity index (χ0) is 11.8. The molecule has 1 aliphatic rings. The lowest BCUT2D eigenvalue weighted by molar-refractivity contribution is 0.375. The van der Waals surface area contributed by atoms with Crippen LogP contribution < -0.4 is 10.1 Å². The van der Waals surface area contributed by atoms with Gasteiger partial charge in [-0.25, -0.2) is 4.39 Å². The summed E-state index contributed by atoms with van der Waals surface area (Å²) >= 11 is 0. The normalized spacial score (nSPS) is 19.2. The molecule has 1 aliphatic carbocycles. The Morgan fingerprint density at radius 3 is 2.56 bits per heavy atom. The Kier molecular flexibility index (Phi) is 2.89. The summed E-state index contributed by atoms with van der Waals surface area (Å²) < 4.78 is 18.5. The third-order valence-electron chi connectivity index (χ3n) is 3.53. The van der Waals surface area contributed by atoms with E-state index in [0.717, 1.165) is 5.56 Å². The predicted octanol–water partition coefficient (Wildman–Crippen LogP) is 2.89. The smallest absolute Gasteiger partial charge is 0.165 e. The minimum absolute atomic E-state index is 0.230. The number of rotatable bonds is 4. The Morgan fingerprint density at radius 1 is 1.44 bits per heavy atom. The van der Waals surface area contributed by atoms with Crippen molar-refractivity contribution in [3.63, 3.8) is 0 Å². The van der Waals surface area contributed by atoms with E-state index in [1.807, 2.05) is 13.1 Å². The van der Waals surface area contributed by atoms with Crippen molar-refractivity contribution < 1.29 is 9.13 Å². The third-order valence-corrected chi connectivity index (χ3v) is 3.53. The summed E-state index contributed by atoms with van der Waals surface area (Å²) in [5.41, 5.74) is 1.29. The molecule has 0 amide bonds. The van der Waals surface area contributed by atoms with Gasteiger partial charge in [-0.3, -0.25) is 0 Å². The lowest BCUT2D eigenvalue weighted by atomic mass is 9.92. The molecule has 1 unspecified atom stereocenters. The third kappa shape index (κ3) is 1.92. The zero-order valence-electron chi connectivity index (χ0n) is 10.0. The van der Waals surface area contributed by atoms with Crippen LogP contribution >= 0.6 is 0 Å². The van der Waals surface area contributed by atoms with Gasteiger partial charge in [-0.05, 0) is 43.0 Å². The van der Waals surface area contributed by atoms with Crippen molar-refractivity contribution >= 4 is 0 Å². The first-order chi connectivity index (χ1) is 7.60. The van der Waals surface area contributed by atoms with Crippen LogP contribution in [0.5, 0.6) is 5.75 Å². The number of methoxy groups -OCH3 is 1. The van der Waals surface area contributed by atoms with Gasteiger partial charge >= 0.3 is 0 Å². The van der Waals surface area contributed by atoms with Crippen LogP contribution in [-0.2, 0) is 0 Å². The first-order valence-corrected chi connectivity index (χ1v) is 5.61. The van der Waals surface area contributed by atoms with Crippen LogP contribution in [-0.4, -0.2) is 14.2 Å². The van der Waals surface area contributed by atoms with Crippen molar-refractivity contribution in [2.24, 2.45) is 5.41 Å². The Hall–Kier alpha value is -1.09. The fourth-order valence-electron chi connectivity index (χ4n) is 2.27. The Labute approximate surface area is 95.8 Å². The summed E-state index contributed by atoms with van der Waals surface area (Å²) in [7, 11) is 3.41. The van der Waals surface area contributed by atoms with Gasteiger partial charge in [0, 0.05) is 6.04 Å². The molecule has 0 bridgehead atoms. The molecule has 1 saturated carbocycles. The van der Waals surface area contributed by atoms with Crippen molar-refractivity contribution in [3.05, 3.63) is 29.6 Å². The van der Waals surface area contributed by atoms with Gasteiger partial charge in [0.05, 0.1) is 7.11 Å². The molecule has 1 N–H and O–H groups in total. The van der Waals surface area contributed by atoms with Crippen LogP contribution in [0.3, 0.4) is 0 Å². The average molecular weight is 223 g/mol. The maximum absolute atomic E-state index is 13.6. The highest BCUT2D eigenvalue weighted by atomic mass is 19.1. The van der Waals surface area contributed by atoms with Crippen LogP contribution in [0.1, 0.15) is 31.4 Å². The first kappa shape index (κ1) is 11.4. The highest BCUT2D eigenvalue weighted by molar-refractivity contribution is 5.32. The van der Waals surface area contributed by atoms with E-state index in [2.05, 4.69) is 12.2 Å². The molecule has 0 aromatic heterocycles. The first-order valence-electron chi connectivity index (χ1n) is 5.61. The quantitative estimate of drug-likeness (QED) is 0.847. The van der Waals surface area contributed by atoms with Crippen molar-refractivity contribution in [2.75, 3.05) is 14.2 Å². The number of hydrogen-bond donors (Lipinski definition) is 1. The van der Waals surface area contributed by atoms with Gasteiger partial charge in [0.15, 0.2) is 11.6 Å². The maximum atomic E-state index is 13.6. The molecule has 1 aromatic carbocycles. The highest BCUT2D eigenvalue weighted by Crippen LogP contribution is 2.54. The molecule has 1 fully saturated rings. The van der Waals surface area contributed by atoms with Gasteiger partial charge in [0.2, 0.25) is 0 Å². The van der Waals surface area contributed by atoms with E-state index < -0.39 is 0 Å². The van der Waals surface area contributed by atoms with Crippen LogP contribution in [0, 0.1) is 11.2 Å². The monoisotopic (exact) mass is 223 g/mol. The molecule has 16 heavy (non-hydrogen) atoms. The van der Waals surface area contributed by atoms with Crippen LogP contribution in [0.25, 0.3) is 0 Å². The minimum Gasteiger partial charge on any atom is -0.494 e. The Morgan fingerprint density at radius 2 is 2.12 bits per heavy atom. The molecule has 0 heterocycles. The van der Waals surface area contributed by atoms with E-state index in [1.54, 1.807) is 12.1 Å². The van der Waals surface area contributed by atoms with Gasteiger partial charge in [0.25, 0.3) is 0 Å². The SMILES string of the molecule is CNC(c1ccc(OC)c(F)c1)C1(C)CC1. The maximum Gasteiger partial charge on any atom is 0.165 e. The minimum atomic E-state index is -0.288. The molecule has 0 aliphatic heterocycles. The largest absolute Gasteiger partial charge is 0.494 e. The molecular weight excluding hydrogens is 205 g/mol. The fourth-order valence-corrected chi connectivity index (χ4v) is 2.27. The molecule has 2 nitrogen and oxygen atoms in total. The van der Waals surface area contributed by atoms with E-state index in [0.29, 0.717) is 5.75 Å². The van der Waals surface area contributed by atoms with Gasteiger partial charge < -0.3 is 10.1 Å². The lowest BCUT2D eigenvalue weighted by Crippen LogP contribution is -2.24. The fraction of sp³-hybridized carbons (Fsp3) is 0.538. The van der Waals surface area contributed by atoms with Crippen molar-refractivity contribution in [1.29, 1.82) is 0 Å². The summed E-state index contributed by atoms with van der Waals surface area (Å²) in [6.07, 6.45) is 2.40. The van der Waals surface area contributed by atoms with Gasteiger partial charge in [-0.1, -0.05) is 13.0 Å². The number of nitrogens with one attached hydrogen (secondary N) is 1. The predicted molar refractivity (Wildman–Crippen MR) is 62.1 cm³/mol. The van der Waals surface area contributed by atoms with Crippen LogP contribution in [0.15, 0.2) is 18.2 Å². The zero-order valence-corrected chi connectivity index (χ0v) is 10.0.